The number of aryl methyl sites for hydroxylation is 1. The number of phenols is 1. The lowest BCUT2D eigenvalue weighted by atomic mass is 9.97. The molecule has 5 heteroatoms. The molecule has 0 radical (unpaired) electrons. The lowest BCUT2D eigenvalue weighted by molar-refractivity contribution is 0.136. The molecule has 2 aliphatic rings. The van der Waals surface area contributed by atoms with Gasteiger partial charge in [0.05, 0.1) is 18.0 Å². The van der Waals surface area contributed by atoms with Gasteiger partial charge in [0.15, 0.2) is 0 Å². The molecule has 1 N–H and O–H groups in total. The van der Waals surface area contributed by atoms with Crippen LogP contribution < -0.4 is 4.74 Å². The van der Waals surface area contributed by atoms with Crippen molar-refractivity contribution in [2.75, 3.05) is 26.2 Å². The number of benzene rings is 2. The molecule has 168 valence electrons. The van der Waals surface area contributed by atoms with Crippen LogP contribution in [0.5, 0.6) is 11.8 Å². The number of imidazole rings is 1. The highest BCUT2D eigenvalue weighted by Gasteiger charge is 2.24. The van der Waals surface area contributed by atoms with Crippen LogP contribution >= 0.6 is 0 Å². The zero-order chi connectivity index (χ0) is 21.8. The van der Waals surface area contributed by atoms with Gasteiger partial charge in [-0.1, -0.05) is 30.3 Å². The number of likely N-dealkylation sites (tertiary alicyclic amines) is 1. The normalized spacial score (nSPS) is 17.2. The molecule has 1 aromatic heterocycles. The first kappa shape index (κ1) is 21.1. The number of rotatable bonds is 7. The number of hydrogen-bond donors (Lipinski definition) is 1. The summed E-state index contributed by atoms with van der Waals surface area (Å²) in [6.45, 7) is 4.00. The molecule has 3 aromatic rings. The van der Waals surface area contributed by atoms with Crippen LogP contribution in [0.25, 0.3) is 5.69 Å². The summed E-state index contributed by atoms with van der Waals surface area (Å²) in [6.07, 6.45) is 7.89. The van der Waals surface area contributed by atoms with Crippen LogP contribution in [0.4, 0.5) is 0 Å². The fraction of sp³-hybridized carbons (Fsp3) is 0.444. The number of para-hydroxylation sites is 1. The molecule has 5 nitrogen and oxygen atoms in total. The Morgan fingerprint density at radius 3 is 2.59 bits per heavy atom. The molecule has 1 fully saturated rings. The smallest absolute Gasteiger partial charge is 0.301 e. The minimum atomic E-state index is 0.355. The Morgan fingerprint density at radius 1 is 0.969 bits per heavy atom. The zero-order valence-corrected chi connectivity index (χ0v) is 18.7. The molecule has 1 aliphatic carbocycles. The van der Waals surface area contributed by atoms with Crippen molar-refractivity contribution in [3.8, 4) is 17.4 Å². The predicted molar refractivity (Wildman–Crippen MR) is 127 cm³/mol. The van der Waals surface area contributed by atoms with Crippen LogP contribution in [0.15, 0.2) is 54.6 Å². The molecule has 1 aliphatic heterocycles. The van der Waals surface area contributed by atoms with E-state index in [2.05, 4.69) is 45.9 Å². The Morgan fingerprint density at radius 2 is 1.78 bits per heavy atom. The number of aromatic hydroxyl groups is 1. The number of hydrogen-bond acceptors (Lipinski definition) is 4. The van der Waals surface area contributed by atoms with E-state index in [1.807, 2.05) is 12.1 Å². The van der Waals surface area contributed by atoms with Crippen molar-refractivity contribution in [3.63, 3.8) is 0 Å². The molecule has 32 heavy (non-hydrogen) atoms. The predicted octanol–water partition coefficient (Wildman–Crippen LogP) is 4.79. The van der Waals surface area contributed by atoms with E-state index >= 15 is 0 Å². The van der Waals surface area contributed by atoms with Crippen LogP contribution in [0, 0.1) is 5.92 Å². The Labute approximate surface area is 190 Å². The number of fused-ring (bicyclic) bond motifs is 1. The first-order chi connectivity index (χ1) is 15.8. The first-order valence-corrected chi connectivity index (χ1v) is 12.1. The van der Waals surface area contributed by atoms with Crippen molar-refractivity contribution in [1.82, 2.24) is 14.5 Å². The lowest BCUT2D eigenvalue weighted by Crippen LogP contribution is -2.36. The highest BCUT2D eigenvalue weighted by Crippen LogP contribution is 2.30. The first-order valence-electron chi connectivity index (χ1n) is 12.1. The molecule has 0 saturated carbocycles. The van der Waals surface area contributed by atoms with Gasteiger partial charge in [0.25, 0.3) is 0 Å². The number of aromatic nitrogens is 2. The van der Waals surface area contributed by atoms with Crippen molar-refractivity contribution in [3.05, 3.63) is 71.5 Å². The minimum absolute atomic E-state index is 0.355. The Hall–Kier alpha value is -2.79. The van der Waals surface area contributed by atoms with Crippen LogP contribution in [0.2, 0.25) is 0 Å². The molecule has 5 rings (SSSR count). The second kappa shape index (κ2) is 9.78. The summed E-state index contributed by atoms with van der Waals surface area (Å²) in [5, 5.41) is 9.65. The summed E-state index contributed by atoms with van der Waals surface area (Å²) in [4.78, 5) is 7.44. The fourth-order valence-electron chi connectivity index (χ4n) is 5.02. The van der Waals surface area contributed by atoms with Crippen molar-refractivity contribution < 1.29 is 9.84 Å². The Balaban J connectivity index is 1.17. The largest absolute Gasteiger partial charge is 0.508 e. The van der Waals surface area contributed by atoms with Gasteiger partial charge in [0.1, 0.15) is 5.75 Å². The van der Waals surface area contributed by atoms with Gasteiger partial charge in [-0.05, 0) is 93.8 Å². The monoisotopic (exact) mass is 431 g/mol. The summed E-state index contributed by atoms with van der Waals surface area (Å²) in [5.74, 6) is 0.930. The van der Waals surface area contributed by atoms with Gasteiger partial charge in [-0.15, -0.1) is 0 Å². The van der Waals surface area contributed by atoms with Crippen molar-refractivity contribution in [2.24, 2.45) is 5.92 Å². The zero-order valence-electron chi connectivity index (χ0n) is 18.7. The second-order valence-corrected chi connectivity index (χ2v) is 9.18. The van der Waals surface area contributed by atoms with E-state index in [1.54, 1.807) is 6.07 Å². The summed E-state index contributed by atoms with van der Waals surface area (Å²) in [7, 11) is 0. The lowest BCUT2D eigenvalue weighted by Gasteiger charge is -2.31. The average molecular weight is 432 g/mol. The third kappa shape index (κ3) is 4.83. The summed E-state index contributed by atoms with van der Waals surface area (Å²) in [5.41, 5.74) is 4.91. The van der Waals surface area contributed by atoms with E-state index in [-0.39, 0.29) is 0 Å². The quantitative estimate of drug-likeness (QED) is 0.584. The van der Waals surface area contributed by atoms with E-state index in [9.17, 15) is 5.11 Å². The average Bonchev–Trinajstić information content (AvgIpc) is 3.21. The van der Waals surface area contributed by atoms with E-state index in [0.29, 0.717) is 11.7 Å². The van der Waals surface area contributed by atoms with Crippen LogP contribution in [-0.2, 0) is 19.3 Å². The fourth-order valence-corrected chi connectivity index (χ4v) is 5.02. The van der Waals surface area contributed by atoms with E-state index in [0.717, 1.165) is 70.0 Å². The third-order valence-corrected chi connectivity index (χ3v) is 6.90. The Kier molecular flexibility index (Phi) is 6.44. The van der Waals surface area contributed by atoms with Gasteiger partial charge < -0.3 is 14.7 Å². The number of phenolic OH excluding ortho intramolecular Hbond substituents is 1. The molecule has 0 unspecified atom stereocenters. The maximum atomic E-state index is 9.65. The van der Waals surface area contributed by atoms with E-state index < -0.39 is 0 Å². The second-order valence-electron chi connectivity index (χ2n) is 9.18. The van der Waals surface area contributed by atoms with Crippen LogP contribution in [0.1, 0.15) is 42.6 Å². The van der Waals surface area contributed by atoms with Gasteiger partial charge in [0.2, 0.25) is 0 Å². The maximum absolute atomic E-state index is 9.65. The molecule has 2 aromatic carbocycles. The summed E-state index contributed by atoms with van der Waals surface area (Å²) < 4.78 is 8.62. The standard InChI is InChI=1S/C27H33N3O2/c31-24-10-6-7-21(19-24)13-16-29-17-14-22(15-18-29)20-32-27-28-25-11-4-5-12-26(25)30(27)23-8-2-1-3-9-23/h1-3,6-10,19,22,31H,4-5,11-18,20H2. The SMILES string of the molecule is Oc1cccc(CCN2CCC(COc3nc4c(n3-c3ccccc3)CCCC4)CC2)c1. The van der Waals surface area contributed by atoms with Gasteiger partial charge in [-0.2, -0.15) is 4.98 Å². The minimum Gasteiger partial charge on any atom is -0.508 e. The summed E-state index contributed by atoms with van der Waals surface area (Å²) in [6, 6.07) is 18.9. The highest BCUT2D eigenvalue weighted by molar-refractivity contribution is 5.40. The third-order valence-electron chi connectivity index (χ3n) is 6.90. The molecule has 0 bridgehead atoms. The topological polar surface area (TPSA) is 50.5 Å². The molecule has 0 atom stereocenters. The molecule has 2 heterocycles. The van der Waals surface area contributed by atoms with Gasteiger partial charge >= 0.3 is 6.01 Å². The Bertz CT molecular complexity index is 1020. The molecular weight excluding hydrogens is 398 g/mol. The van der Waals surface area contributed by atoms with Crippen molar-refractivity contribution >= 4 is 0 Å². The summed E-state index contributed by atoms with van der Waals surface area (Å²) >= 11 is 0. The molecule has 0 amide bonds. The number of ether oxygens (including phenoxy) is 1. The van der Waals surface area contributed by atoms with Crippen LogP contribution in [0.3, 0.4) is 0 Å². The van der Waals surface area contributed by atoms with Crippen molar-refractivity contribution in [1.29, 1.82) is 0 Å². The van der Waals surface area contributed by atoms with E-state index in [4.69, 9.17) is 9.72 Å². The van der Waals surface area contributed by atoms with Gasteiger partial charge in [-0.3, -0.25) is 4.57 Å². The van der Waals surface area contributed by atoms with Crippen molar-refractivity contribution in [2.45, 2.75) is 44.9 Å². The van der Waals surface area contributed by atoms with E-state index in [1.165, 1.54) is 29.8 Å². The molecular formula is C27H33N3O2. The van der Waals surface area contributed by atoms with Gasteiger partial charge in [-0.25, -0.2) is 0 Å². The number of nitrogens with zero attached hydrogens (tertiary/aromatic N) is 3. The van der Waals surface area contributed by atoms with Gasteiger partial charge in [0, 0.05) is 12.2 Å². The highest BCUT2D eigenvalue weighted by atomic mass is 16.5. The number of piperidine rings is 1. The maximum Gasteiger partial charge on any atom is 0.301 e. The molecule has 0 spiro atoms. The van der Waals surface area contributed by atoms with Crippen LogP contribution in [-0.4, -0.2) is 45.8 Å². The molecule has 1 saturated heterocycles.